The lowest BCUT2D eigenvalue weighted by Gasteiger charge is -2.10. The maximum Gasteiger partial charge on any atom is 0.411 e. The third-order valence-corrected chi connectivity index (χ3v) is 2.88. The Hall–Kier alpha value is -0.490. The summed E-state index contributed by atoms with van der Waals surface area (Å²) in [5, 5.41) is 2.50. The van der Waals surface area contributed by atoms with Crippen molar-refractivity contribution >= 4 is 17.5 Å². The number of nitrogens with one attached hydrogen (secondary N) is 1. The van der Waals surface area contributed by atoms with Crippen molar-refractivity contribution in [2.24, 2.45) is 5.92 Å². The van der Waals surface area contributed by atoms with Gasteiger partial charge >= 0.3 is 6.18 Å². The van der Waals surface area contributed by atoms with Crippen LogP contribution in [0.1, 0.15) is 19.3 Å². The van der Waals surface area contributed by atoms with Gasteiger partial charge in [-0.3, -0.25) is 4.79 Å². The first-order chi connectivity index (χ1) is 7.88. The van der Waals surface area contributed by atoms with E-state index in [1.54, 1.807) is 0 Å². The fraction of sp³-hybridized carbons (Fsp3) is 0.900. The molecule has 1 aliphatic carbocycles. The Bertz CT molecular complexity index is 256. The van der Waals surface area contributed by atoms with Crippen LogP contribution in [0.15, 0.2) is 0 Å². The Morgan fingerprint density at radius 1 is 1.47 bits per heavy atom. The quantitative estimate of drug-likeness (QED) is 0.570. The van der Waals surface area contributed by atoms with Gasteiger partial charge in [-0.2, -0.15) is 13.2 Å². The molecule has 0 saturated heterocycles. The number of alkyl halides is 4. The lowest BCUT2D eigenvalue weighted by atomic mass is 10.3. The van der Waals surface area contributed by atoms with E-state index in [0.717, 1.165) is 12.8 Å². The molecule has 100 valence electrons. The molecule has 1 saturated carbocycles. The van der Waals surface area contributed by atoms with Crippen LogP contribution in [0.2, 0.25) is 0 Å². The molecule has 7 heteroatoms. The minimum Gasteiger partial charge on any atom is -0.372 e. The molecule has 1 unspecified atom stereocenters. The van der Waals surface area contributed by atoms with Gasteiger partial charge in [-0.25, -0.2) is 0 Å². The van der Waals surface area contributed by atoms with E-state index in [4.69, 9.17) is 11.6 Å². The molecule has 1 atom stereocenters. The number of carbonyl (C=O) groups excluding carboxylic acids is 1. The standard InChI is InChI=1S/C10H15ClF3NO2/c11-8(7-1-2-7)5-15-9(16)3-4-17-6-10(12,13)14/h7-8H,1-6H2,(H,15,16). The highest BCUT2D eigenvalue weighted by Crippen LogP contribution is 2.35. The van der Waals surface area contributed by atoms with E-state index in [2.05, 4.69) is 10.1 Å². The molecule has 1 amide bonds. The maximum atomic E-state index is 11.7. The molecule has 1 rings (SSSR count). The van der Waals surface area contributed by atoms with Gasteiger partial charge in [0, 0.05) is 13.0 Å². The smallest absolute Gasteiger partial charge is 0.372 e. The average molecular weight is 274 g/mol. The van der Waals surface area contributed by atoms with Crippen molar-refractivity contribution in [2.75, 3.05) is 19.8 Å². The molecular weight excluding hydrogens is 259 g/mol. The highest BCUT2D eigenvalue weighted by atomic mass is 35.5. The van der Waals surface area contributed by atoms with Gasteiger partial charge in [0.25, 0.3) is 0 Å². The highest BCUT2D eigenvalue weighted by Gasteiger charge is 2.30. The predicted octanol–water partition coefficient (Wildman–Crippen LogP) is 2.09. The van der Waals surface area contributed by atoms with Crippen molar-refractivity contribution in [2.45, 2.75) is 30.8 Å². The van der Waals surface area contributed by atoms with Gasteiger partial charge in [0.2, 0.25) is 5.91 Å². The van der Waals surface area contributed by atoms with Gasteiger partial charge in [-0.15, -0.1) is 11.6 Å². The van der Waals surface area contributed by atoms with E-state index in [-0.39, 0.29) is 24.3 Å². The number of ether oxygens (including phenoxy) is 1. The number of halogens is 4. The molecule has 0 aromatic carbocycles. The third kappa shape index (κ3) is 7.44. The summed E-state index contributed by atoms with van der Waals surface area (Å²) in [6.45, 7) is -1.19. The summed E-state index contributed by atoms with van der Waals surface area (Å²) in [4.78, 5) is 11.2. The van der Waals surface area contributed by atoms with Gasteiger partial charge in [0.1, 0.15) is 6.61 Å². The molecule has 1 fully saturated rings. The maximum absolute atomic E-state index is 11.7. The summed E-state index contributed by atoms with van der Waals surface area (Å²) >= 11 is 5.95. The lowest BCUT2D eigenvalue weighted by Crippen LogP contribution is -2.31. The summed E-state index contributed by atoms with van der Waals surface area (Å²) in [6.07, 6.45) is -2.26. The van der Waals surface area contributed by atoms with Gasteiger partial charge in [0.15, 0.2) is 0 Å². The normalized spacial score (nSPS) is 17.9. The second-order valence-electron chi connectivity index (χ2n) is 4.08. The van der Waals surface area contributed by atoms with Crippen molar-refractivity contribution in [1.29, 1.82) is 0 Å². The second kappa shape index (κ2) is 6.44. The van der Waals surface area contributed by atoms with Crippen molar-refractivity contribution in [3.05, 3.63) is 0 Å². The number of amides is 1. The van der Waals surface area contributed by atoms with Crippen LogP contribution in [0.3, 0.4) is 0 Å². The van der Waals surface area contributed by atoms with E-state index >= 15 is 0 Å². The van der Waals surface area contributed by atoms with E-state index in [9.17, 15) is 18.0 Å². The van der Waals surface area contributed by atoms with E-state index < -0.39 is 12.8 Å². The minimum absolute atomic E-state index is 0.0740. The van der Waals surface area contributed by atoms with Crippen molar-refractivity contribution in [3.63, 3.8) is 0 Å². The first-order valence-corrected chi connectivity index (χ1v) is 5.87. The molecule has 3 nitrogen and oxygen atoms in total. The van der Waals surface area contributed by atoms with Crippen molar-refractivity contribution in [1.82, 2.24) is 5.32 Å². The Kier molecular flexibility index (Phi) is 5.52. The van der Waals surface area contributed by atoms with Crippen LogP contribution in [0.4, 0.5) is 13.2 Å². The lowest BCUT2D eigenvalue weighted by molar-refractivity contribution is -0.174. The van der Waals surface area contributed by atoms with Crippen LogP contribution >= 0.6 is 11.6 Å². The van der Waals surface area contributed by atoms with Gasteiger partial charge in [-0.05, 0) is 18.8 Å². The zero-order valence-electron chi connectivity index (χ0n) is 9.23. The fourth-order valence-corrected chi connectivity index (χ4v) is 1.61. The average Bonchev–Trinajstić information content (AvgIpc) is 3.03. The molecule has 0 aromatic heterocycles. The number of carbonyl (C=O) groups is 1. The largest absolute Gasteiger partial charge is 0.411 e. The van der Waals surface area contributed by atoms with Crippen LogP contribution in [-0.4, -0.2) is 37.2 Å². The van der Waals surface area contributed by atoms with Gasteiger partial charge in [0.05, 0.1) is 12.0 Å². The molecule has 1 N–H and O–H groups in total. The van der Waals surface area contributed by atoms with Crippen LogP contribution in [0, 0.1) is 5.92 Å². The molecule has 17 heavy (non-hydrogen) atoms. The molecule has 1 aliphatic rings. The minimum atomic E-state index is -4.34. The summed E-state index contributed by atoms with van der Waals surface area (Å²) in [6, 6.07) is 0. The molecule has 0 aromatic rings. The van der Waals surface area contributed by atoms with Gasteiger partial charge in [-0.1, -0.05) is 0 Å². The second-order valence-corrected chi connectivity index (χ2v) is 4.64. The monoisotopic (exact) mass is 273 g/mol. The van der Waals surface area contributed by atoms with Crippen LogP contribution in [-0.2, 0) is 9.53 Å². The summed E-state index contributed by atoms with van der Waals surface area (Å²) in [7, 11) is 0. The molecule has 0 aliphatic heterocycles. The zero-order chi connectivity index (χ0) is 12.9. The first kappa shape index (κ1) is 14.6. The fourth-order valence-electron chi connectivity index (χ4n) is 1.28. The van der Waals surface area contributed by atoms with E-state index in [1.807, 2.05) is 0 Å². The van der Waals surface area contributed by atoms with Crippen LogP contribution in [0.5, 0.6) is 0 Å². The summed E-state index contributed by atoms with van der Waals surface area (Å²) in [5.74, 6) is 0.136. The van der Waals surface area contributed by atoms with Crippen molar-refractivity contribution < 1.29 is 22.7 Å². The molecular formula is C10H15ClF3NO2. The molecule has 0 bridgehead atoms. The van der Waals surface area contributed by atoms with E-state index in [1.165, 1.54) is 0 Å². The Morgan fingerprint density at radius 3 is 2.65 bits per heavy atom. The van der Waals surface area contributed by atoms with Crippen LogP contribution < -0.4 is 5.32 Å². The molecule has 0 radical (unpaired) electrons. The van der Waals surface area contributed by atoms with Crippen LogP contribution in [0.25, 0.3) is 0 Å². The van der Waals surface area contributed by atoms with E-state index in [0.29, 0.717) is 12.5 Å². The van der Waals surface area contributed by atoms with Crippen molar-refractivity contribution in [3.8, 4) is 0 Å². The SMILES string of the molecule is O=C(CCOCC(F)(F)F)NCC(Cl)C1CC1. The predicted molar refractivity (Wildman–Crippen MR) is 56.9 cm³/mol. The number of rotatable bonds is 7. The van der Waals surface area contributed by atoms with Gasteiger partial charge < -0.3 is 10.1 Å². The Labute approximate surface area is 103 Å². The number of hydrogen-bond donors (Lipinski definition) is 1. The third-order valence-electron chi connectivity index (χ3n) is 2.37. The first-order valence-electron chi connectivity index (χ1n) is 5.44. The summed E-state index contributed by atoms with van der Waals surface area (Å²) < 4.78 is 39.4. The number of hydrogen-bond acceptors (Lipinski definition) is 2. The molecule has 0 spiro atoms. The zero-order valence-corrected chi connectivity index (χ0v) is 9.98. The topological polar surface area (TPSA) is 38.3 Å². The molecule has 0 heterocycles. The highest BCUT2D eigenvalue weighted by molar-refractivity contribution is 6.21. The Morgan fingerprint density at radius 2 is 2.12 bits per heavy atom. The Balaban J connectivity index is 1.97. The summed E-state index contributed by atoms with van der Waals surface area (Å²) in [5.41, 5.74) is 0.